The van der Waals surface area contributed by atoms with Gasteiger partial charge in [0.1, 0.15) is 17.5 Å². The number of hydrogen-bond donors (Lipinski definition) is 1. The summed E-state index contributed by atoms with van der Waals surface area (Å²) >= 11 is 1.25. The summed E-state index contributed by atoms with van der Waals surface area (Å²) in [6.45, 7) is 5.73. The quantitative estimate of drug-likeness (QED) is 0.337. The van der Waals surface area contributed by atoms with Crippen molar-refractivity contribution in [2.45, 2.75) is 45.3 Å². The van der Waals surface area contributed by atoms with Gasteiger partial charge >= 0.3 is 11.8 Å². The lowest BCUT2D eigenvalue weighted by atomic mass is 10.0. The van der Waals surface area contributed by atoms with E-state index in [0.717, 1.165) is 10.4 Å². The smallest absolute Gasteiger partial charge is 0.419 e. The lowest BCUT2D eigenvalue weighted by molar-refractivity contribution is -0.121. The molecule has 0 bridgehead atoms. The number of halogens is 1. The van der Waals surface area contributed by atoms with Gasteiger partial charge in [0, 0.05) is 24.9 Å². The standard InChI is InChI=1S/C30H29FN4O6S/c1-30(2,3)41-29(38)35-10-5-11-39-23(16-35)27(36)33-20(15-32)12-18-6-7-19-14-24(42-26(19)25(18)31)17-8-9-22-21(13-17)34(4)28(37)40-22/h6-9,13-14,16,20H,5,10-12H2,1-4H3,(H,33,36). The lowest BCUT2D eigenvalue weighted by Crippen LogP contribution is -2.38. The second kappa shape index (κ2) is 11.3. The Kier molecular flexibility index (Phi) is 7.79. The van der Waals surface area contributed by atoms with Crippen molar-refractivity contribution in [1.29, 1.82) is 5.26 Å². The Bertz CT molecular complexity index is 1820. The second-order valence-electron chi connectivity index (χ2n) is 10.9. The maximum absolute atomic E-state index is 15.7. The molecule has 0 saturated heterocycles. The third kappa shape index (κ3) is 6.01. The van der Waals surface area contributed by atoms with Gasteiger partial charge in [0.05, 0.1) is 29.1 Å². The van der Waals surface area contributed by atoms with Crippen molar-refractivity contribution in [3.63, 3.8) is 0 Å². The molecule has 0 saturated carbocycles. The Morgan fingerprint density at radius 1 is 1.24 bits per heavy atom. The highest BCUT2D eigenvalue weighted by molar-refractivity contribution is 7.22. The normalized spacial score (nSPS) is 14.6. The molecule has 4 aromatic rings. The number of carbonyl (C=O) groups excluding carboxylic acids is 2. The molecule has 2 aromatic carbocycles. The summed E-state index contributed by atoms with van der Waals surface area (Å²) in [5.41, 5.74) is 1.45. The van der Waals surface area contributed by atoms with Gasteiger partial charge in [-0.3, -0.25) is 14.3 Å². The fourth-order valence-electron chi connectivity index (χ4n) is 4.52. The molecule has 1 aliphatic rings. The number of aryl methyl sites for hydroxylation is 1. The third-order valence-corrected chi connectivity index (χ3v) is 7.79. The zero-order chi connectivity index (χ0) is 30.2. The number of carbonyl (C=O) groups is 2. The maximum Gasteiger partial charge on any atom is 0.419 e. The van der Waals surface area contributed by atoms with Gasteiger partial charge in [-0.05, 0) is 68.0 Å². The number of thiophene rings is 1. The molecule has 0 fully saturated rings. The predicted octanol–water partition coefficient (Wildman–Crippen LogP) is 5.20. The van der Waals surface area contributed by atoms with Crippen LogP contribution in [-0.4, -0.2) is 46.3 Å². The number of aromatic nitrogens is 1. The van der Waals surface area contributed by atoms with Crippen LogP contribution in [-0.2, 0) is 27.7 Å². The van der Waals surface area contributed by atoms with E-state index in [-0.39, 0.29) is 24.4 Å². The fourth-order valence-corrected chi connectivity index (χ4v) is 5.63. The number of ether oxygens (including phenoxy) is 2. The molecular weight excluding hydrogens is 563 g/mol. The fraction of sp³-hybridized carbons (Fsp3) is 0.333. The molecular formula is C30H29FN4O6S. The number of nitrogens with zero attached hydrogens (tertiary/aromatic N) is 3. The molecule has 0 spiro atoms. The molecule has 42 heavy (non-hydrogen) atoms. The van der Waals surface area contributed by atoms with Gasteiger partial charge in [-0.2, -0.15) is 5.26 Å². The molecule has 0 radical (unpaired) electrons. The van der Waals surface area contributed by atoms with E-state index in [1.165, 1.54) is 27.0 Å². The predicted molar refractivity (Wildman–Crippen MR) is 155 cm³/mol. The minimum atomic E-state index is -1.06. The molecule has 12 heteroatoms. The molecule has 1 unspecified atom stereocenters. The summed E-state index contributed by atoms with van der Waals surface area (Å²) in [6, 6.07) is 11.5. The van der Waals surface area contributed by atoms with Gasteiger partial charge in [0.2, 0.25) is 5.76 Å². The largest absolute Gasteiger partial charge is 0.487 e. The summed E-state index contributed by atoms with van der Waals surface area (Å²) < 4.78 is 33.6. The van der Waals surface area contributed by atoms with Crippen molar-refractivity contribution in [3.8, 4) is 16.5 Å². The number of rotatable bonds is 5. The lowest BCUT2D eigenvalue weighted by Gasteiger charge is -2.24. The van der Waals surface area contributed by atoms with Gasteiger partial charge in [-0.1, -0.05) is 12.1 Å². The van der Waals surface area contributed by atoms with Crippen LogP contribution in [0.5, 0.6) is 0 Å². The first-order valence-corrected chi connectivity index (χ1v) is 14.1. The van der Waals surface area contributed by atoms with E-state index in [1.54, 1.807) is 46.0 Å². The van der Waals surface area contributed by atoms with E-state index in [4.69, 9.17) is 13.9 Å². The number of amides is 2. The summed E-state index contributed by atoms with van der Waals surface area (Å²) in [6.07, 6.45) is 1.05. The highest BCUT2D eigenvalue weighted by atomic mass is 32.1. The van der Waals surface area contributed by atoms with Crippen molar-refractivity contribution < 1.29 is 27.9 Å². The zero-order valence-electron chi connectivity index (χ0n) is 23.5. The molecule has 1 N–H and O–H groups in total. The van der Waals surface area contributed by atoms with E-state index in [2.05, 4.69) is 5.32 Å². The highest BCUT2D eigenvalue weighted by Crippen LogP contribution is 2.37. The van der Waals surface area contributed by atoms with Crippen LogP contribution in [0.2, 0.25) is 0 Å². The van der Waals surface area contributed by atoms with Crippen LogP contribution in [0.4, 0.5) is 9.18 Å². The molecule has 1 atom stereocenters. The third-order valence-electron chi connectivity index (χ3n) is 6.59. The minimum Gasteiger partial charge on any atom is -0.487 e. The van der Waals surface area contributed by atoms with Crippen molar-refractivity contribution in [1.82, 2.24) is 14.8 Å². The molecule has 3 heterocycles. The van der Waals surface area contributed by atoms with Crippen LogP contribution in [0, 0.1) is 17.1 Å². The SMILES string of the molecule is Cn1c(=O)oc2ccc(-c3cc4ccc(CC(C#N)NC(=O)C5=CN(C(=O)OC(C)(C)C)CCCO5)c(F)c4s3)cc21. The Labute approximate surface area is 244 Å². The van der Waals surface area contributed by atoms with Crippen molar-refractivity contribution in [3.05, 3.63) is 70.3 Å². The summed E-state index contributed by atoms with van der Waals surface area (Å²) in [5, 5.41) is 13.0. The van der Waals surface area contributed by atoms with Crippen molar-refractivity contribution in [2.75, 3.05) is 13.2 Å². The number of hydrogen-bond acceptors (Lipinski definition) is 8. The van der Waals surface area contributed by atoms with Gasteiger partial charge < -0.3 is 19.2 Å². The van der Waals surface area contributed by atoms with Crippen LogP contribution < -0.4 is 11.1 Å². The Morgan fingerprint density at radius 2 is 2.02 bits per heavy atom. The van der Waals surface area contributed by atoms with Crippen LogP contribution in [0.3, 0.4) is 0 Å². The van der Waals surface area contributed by atoms with Gasteiger partial charge in [0.15, 0.2) is 5.58 Å². The monoisotopic (exact) mass is 592 g/mol. The maximum atomic E-state index is 15.7. The minimum absolute atomic E-state index is 0.0800. The van der Waals surface area contributed by atoms with Crippen LogP contribution in [0.25, 0.3) is 31.6 Å². The number of fused-ring (bicyclic) bond motifs is 2. The number of oxazole rings is 1. The summed E-state index contributed by atoms with van der Waals surface area (Å²) in [7, 11) is 1.62. The number of nitriles is 1. The van der Waals surface area contributed by atoms with Gasteiger partial charge in [-0.15, -0.1) is 11.3 Å². The van der Waals surface area contributed by atoms with Crippen LogP contribution in [0.15, 0.2) is 57.6 Å². The topological polar surface area (TPSA) is 127 Å². The Hall–Kier alpha value is -4.63. The molecule has 10 nitrogen and oxygen atoms in total. The Balaban J connectivity index is 1.34. The summed E-state index contributed by atoms with van der Waals surface area (Å²) in [4.78, 5) is 39.4. The van der Waals surface area contributed by atoms with E-state index >= 15 is 4.39 Å². The van der Waals surface area contributed by atoms with E-state index in [9.17, 15) is 19.6 Å². The number of benzene rings is 2. The van der Waals surface area contributed by atoms with Crippen LogP contribution in [0.1, 0.15) is 32.8 Å². The molecule has 5 rings (SSSR count). The molecule has 218 valence electrons. The van der Waals surface area contributed by atoms with E-state index in [1.807, 2.05) is 24.3 Å². The molecule has 0 aliphatic carbocycles. The first kappa shape index (κ1) is 28.9. The average Bonchev–Trinajstić information content (AvgIpc) is 3.38. The average molecular weight is 593 g/mol. The van der Waals surface area contributed by atoms with Crippen LogP contribution >= 0.6 is 11.3 Å². The van der Waals surface area contributed by atoms with E-state index < -0.39 is 35.2 Å². The summed E-state index contributed by atoms with van der Waals surface area (Å²) in [5.74, 6) is -1.77. The molecule has 2 amide bonds. The van der Waals surface area contributed by atoms with Gasteiger partial charge in [-0.25, -0.2) is 14.0 Å². The highest BCUT2D eigenvalue weighted by Gasteiger charge is 2.26. The second-order valence-corrected chi connectivity index (χ2v) is 12.0. The van der Waals surface area contributed by atoms with Crippen molar-refractivity contribution >= 4 is 44.5 Å². The first-order chi connectivity index (χ1) is 19.9. The molecule has 1 aliphatic heterocycles. The number of nitrogens with one attached hydrogen (secondary N) is 1. The zero-order valence-corrected chi connectivity index (χ0v) is 24.3. The Morgan fingerprint density at radius 3 is 2.76 bits per heavy atom. The molecule has 2 aromatic heterocycles. The van der Waals surface area contributed by atoms with Gasteiger partial charge in [0.25, 0.3) is 5.91 Å². The first-order valence-electron chi connectivity index (χ1n) is 13.3. The van der Waals surface area contributed by atoms with E-state index in [0.29, 0.717) is 34.2 Å². The van der Waals surface area contributed by atoms with Crippen molar-refractivity contribution in [2.24, 2.45) is 7.05 Å².